The van der Waals surface area contributed by atoms with E-state index in [9.17, 15) is 0 Å². The lowest BCUT2D eigenvalue weighted by Crippen LogP contribution is -2.20. The summed E-state index contributed by atoms with van der Waals surface area (Å²) in [5.41, 5.74) is 3.19. The van der Waals surface area contributed by atoms with E-state index in [1.54, 1.807) is 0 Å². The second-order valence-electron chi connectivity index (χ2n) is 14.2. The summed E-state index contributed by atoms with van der Waals surface area (Å²) >= 11 is 0. The number of hydrogen-bond donors (Lipinski definition) is 0. The molecule has 0 aliphatic rings. The van der Waals surface area contributed by atoms with Crippen LogP contribution in [0.25, 0.3) is 27.5 Å². The molecule has 0 aliphatic heterocycles. The van der Waals surface area contributed by atoms with Crippen molar-refractivity contribution in [3.8, 4) is 28.7 Å². The van der Waals surface area contributed by atoms with E-state index in [-0.39, 0.29) is 0 Å². The van der Waals surface area contributed by atoms with E-state index >= 15 is 0 Å². The number of rotatable bonds is 11. The van der Waals surface area contributed by atoms with Crippen molar-refractivity contribution in [3.05, 3.63) is 237 Å². The van der Waals surface area contributed by atoms with Crippen LogP contribution < -0.4 is 41.3 Å². The molecule has 0 aliphatic carbocycles. The molecule has 10 aromatic rings. The van der Waals surface area contributed by atoms with Gasteiger partial charge in [0.2, 0.25) is 0 Å². The number of nitrogens with zero attached hydrogens (tertiary/aromatic N) is 1. The molecule has 0 N–H and O–H groups in total. The average Bonchev–Trinajstić information content (AvgIpc) is 3.61. The van der Waals surface area contributed by atoms with Crippen LogP contribution in [0.3, 0.4) is 0 Å². The van der Waals surface area contributed by atoms with Crippen molar-refractivity contribution >= 4 is 69.5 Å². The first-order chi connectivity index (χ1) is 29.2. The van der Waals surface area contributed by atoms with Gasteiger partial charge in [0.1, 0.15) is 23.0 Å². The van der Waals surface area contributed by atoms with Crippen molar-refractivity contribution in [3.63, 3.8) is 0 Å². The van der Waals surface area contributed by atoms with Crippen LogP contribution in [0.1, 0.15) is 0 Å². The highest BCUT2D eigenvalue weighted by Gasteiger charge is 2.20. The van der Waals surface area contributed by atoms with Gasteiger partial charge in [0.25, 0.3) is 0 Å². The molecule has 282 valence electrons. The van der Waals surface area contributed by atoms with Crippen molar-refractivity contribution in [2.75, 3.05) is 0 Å². The van der Waals surface area contributed by atoms with Gasteiger partial charge in [-0.05, 0) is 108 Å². The number of aromatic nitrogens is 1. The van der Waals surface area contributed by atoms with Crippen molar-refractivity contribution in [1.29, 1.82) is 0 Å². The summed E-state index contributed by atoms with van der Waals surface area (Å²) in [5.74, 6) is 3.18. The molecule has 0 amide bonds. The highest BCUT2D eigenvalue weighted by molar-refractivity contribution is 7.80. The van der Waals surface area contributed by atoms with E-state index in [2.05, 4.69) is 229 Å². The van der Waals surface area contributed by atoms with Crippen molar-refractivity contribution in [2.45, 2.75) is 0 Å². The minimum atomic E-state index is -0.758. The fourth-order valence-electron chi connectivity index (χ4n) is 7.81. The maximum absolute atomic E-state index is 6.71. The lowest BCUT2D eigenvalue weighted by Gasteiger charge is -2.20. The molecule has 0 saturated heterocycles. The first-order valence-corrected chi connectivity index (χ1v) is 22.4. The van der Waals surface area contributed by atoms with E-state index in [0.717, 1.165) is 50.5 Å². The highest BCUT2D eigenvalue weighted by atomic mass is 31.1. The van der Waals surface area contributed by atoms with Crippen LogP contribution in [0.2, 0.25) is 0 Å². The molecular weight excluding hydrogens is 757 g/mol. The van der Waals surface area contributed by atoms with Gasteiger partial charge in [-0.2, -0.15) is 0 Å². The average molecular weight is 796 g/mol. The van der Waals surface area contributed by atoms with Gasteiger partial charge >= 0.3 is 0 Å². The summed E-state index contributed by atoms with van der Waals surface area (Å²) in [6.45, 7) is 0. The third kappa shape index (κ3) is 7.67. The molecule has 1 aromatic heterocycles. The maximum Gasteiger partial charge on any atom is 0.129 e. The van der Waals surface area contributed by atoms with Crippen LogP contribution >= 0.6 is 15.8 Å². The molecule has 0 atom stereocenters. The predicted octanol–water partition coefficient (Wildman–Crippen LogP) is 11.9. The normalized spacial score (nSPS) is 11.4. The Kier molecular flexibility index (Phi) is 10.3. The molecule has 0 unspecified atom stereocenters. The van der Waals surface area contributed by atoms with Crippen LogP contribution in [0.4, 0.5) is 0 Å². The zero-order valence-corrected chi connectivity index (χ0v) is 34.0. The third-order valence-corrected chi connectivity index (χ3v) is 15.3. The molecule has 9 aromatic carbocycles. The largest absolute Gasteiger partial charge is 0.457 e. The van der Waals surface area contributed by atoms with Crippen LogP contribution in [0.15, 0.2) is 237 Å². The molecule has 1 heterocycles. The molecule has 0 saturated carbocycles. The number of ether oxygens (including phenoxy) is 2. The van der Waals surface area contributed by atoms with E-state index < -0.39 is 15.8 Å². The van der Waals surface area contributed by atoms with Crippen LogP contribution in [-0.4, -0.2) is 4.57 Å². The smallest absolute Gasteiger partial charge is 0.129 e. The quantitative estimate of drug-likeness (QED) is 0.122. The Morgan fingerprint density at radius 3 is 0.966 bits per heavy atom. The summed E-state index contributed by atoms with van der Waals surface area (Å²) in [5, 5.41) is 9.99. The number of para-hydroxylation sites is 1. The van der Waals surface area contributed by atoms with E-state index in [1.165, 1.54) is 31.8 Å². The van der Waals surface area contributed by atoms with E-state index in [1.807, 2.05) is 12.1 Å². The Bertz CT molecular complexity index is 2730. The van der Waals surface area contributed by atoms with Gasteiger partial charge in [0, 0.05) is 28.6 Å². The van der Waals surface area contributed by atoms with Gasteiger partial charge in [-0.1, -0.05) is 164 Å². The van der Waals surface area contributed by atoms with Crippen molar-refractivity contribution in [1.82, 2.24) is 4.57 Å². The SMILES string of the molecule is c1ccc(-n2c3cc(Oc4cccc(P(c5ccccc5)c5ccccc5)c4)ccc3c3ccc(Oc4cccc(P(c5ccccc5)c5ccccc5)c4)cc32)cc1. The third-order valence-electron chi connectivity index (χ3n) is 10.4. The van der Waals surface area contributed by atoms with Gasteiger partial charge in [0.05, 0.1) is 11.0 Å². The van der Waals surface area contributed by atoms with Gasteiger partial charge in [0.15, 0.2) is 0 Å². The fourth-order valence-corrected chi connectivity index (χ4v) is 12.5. The highest BCUT2D eigenvalue weighted by Crippen LogP contribution is 2.40. The lowest BCUT2D eigenvalue weighted by atomic mass is 10.1. The number of benzene rings is 9. The Morgan fingerprint density at radius 1 is 0.271 bits per heavy atom. The first-order valence-electron chi connectivity index (χ1n) is 19.8. The Hall–Kier alpha value is -6.76. The molecule has 10 rings (SSSR count). The molecule has 5 heteroatoms. The summed E-state index contributed by atoms with van der Waals surface area (Å²) in [7, 11) is -1.52. The van der Waals surface area contributed by atoms with E-state index in [0.29, 0.717) is 0 Å². The molecule has 59 heavy (non-hydrogen) atoms. The Balaban J connectivity index is 1.01. The maximum atomic E-state index is 6.71. The first kappa shape index (κ1) is 36.6. The van der Waals surface area contributed by atoms with Crippen molar-refractivity contribution in [2.24, 2.45) is 0 Å². The molecule has 0 radical (unpaired) electrons. The van der Waals surface area contributed by atoms with Gasteiger partial charge in [-0.25, -0.2) is 0 Å². The molecule has 0 fully saturated rings. The predicted molar refractivity (Wildman–Crippen MR) is 251 cm³/mol. The topological polar surface area (TPSA) is 23.4 Å². The molecule has 0 bridgehead atoms. The monoisotopic (exact) mass is 795 g/mol. The minimum Gasteiger partial charge on any atom is -0.457 e. The molecule has 3 nitrogen and oxygen atoms in total. The number of fused-ring (bicyclic) bond motifs is 3. The summed E-state index contributed by atoms with van der Waals surface area (Å²) in [6, 6.07) is 83.6. The van der Waals surface area contributed by atoms with Gasteiger partial charge < -0.3 is 14.0 Å². The van der Waals surface area contributed by atoms with Gasteiger partial charge in [-0.3, -0.25) is 0 Å². The second-order valence-corrected chi connectivity index (χ2v) is 18.7. The molecular formula is C54H39NO2P2. The summed E-state index contributed by atoms with van der Waals surface area (Å²) in [4.78, 5) is 0. The Morgan fingerprint density at radius 2 is 0.593 bits per heavy atom. The van der Waals surface area contributed by atoms with Crippen molar-refractivity contribution < 1.29 is 9.47 Å². The fraction of sp³-hybridized carbons (Fsp3) is 0. The lowest BCUT2D eigenvalue weighted by molar-refractivity contribution is 0.483. The minimum absolute atomic E-state index is 0.758. The van der Waals surface area contributed by atoms with Gasteiger partial charge in [-0.15, -0.1) is 0 Å². The summed E-state index contributed by atoms with van der Waals surface area (Å²) in [6.07, 6.45) is 0. The second kappa shape index (κ2) is 16.6. The Labute approximate surface area is 347 Å². The standard InChI is InChI=1S/C54H39NO2P2/c1-6-18-40(19-7-1)55-53-38-43(56-41-20-16-30-49(36-41)58(45-22-8-2-9-23-45)46-24-10-3-11-25-46)32-34-51(53)52-35-33-44(39-54(52)55)57-42-21-17-31-50(37-42)59(47-26-12-4-13-27-47)48-28-14-5-15-29-48/h1-39H. The molecule has 0 spiro atoms. The summed E-state index contributed by atoms with van der Waals surface area (Å²) < 4.78 is 15.7. The number of hydrogen-bond acceptors (Lipinski definition) is 2. The zero-order valence-electron chi connectivity index (χ0n) is 32.2. The van der Waals surface area contributed by atoms with Crippen LogP contribution in [0.5, 0.6) is 23.0 Å². The van der Waals surface area contributed by atoms with E-state index in [4.69, 9.17) is 9.47 Å². The zero-order chi connectivity index (χ0) is 39.4. The van der Waals surface area contributed by atoms with Crippen LogP contribution in [-0.2, 0) is 0 Å². The van der Waals surface area contributed by atoms with Crippen LogP contribution in [0, 0.1) is 0 Å².